The predicted octanol–water partition coefficient (Wildman–Crippen LogP) is 9.93. The number of anilines is 1. The van der Waals surface area contributed by atoms with Crippen LogP contribution in [0.5, 0.6) is 11.5 Å². The molecule has 4 heteroatoms. The number of fused-ring (bicyclic) bond motifs is 1. The fourth-order valence-electron chi connectivity index (χ4n) is 6.60. The Balaban J connectivity index is 1.26. The van der Waals surface area contributed by atoms with Crippen molar-refractivity contribution < 1.29 is 14.6 Å². The van der Waals surface area contributed by atoms with E-state index in [-0.39, 0.29) is 0 Å². The summed E-state index contributed by atoms with van der Waals surface area (Å²) in [6.07, 6.45) is 2.80. The summed E-state index contributed by atoms with van der Waals surface area (Å²) in [6.45, 7) is 8.59. The van der Waals surface area contributed by atoms with Crippen LogP contribution in [0.15, 0.2) is 165 Å². The maximum Gasteiger partial charge on any atom is 0.154 e. The third kappa shape index (κ3) is 5.79. The molecule has 0 fully saturated rings. The molecule has 4 nitrogen and oxygen atoms in total. The molecule has 0 bridgehead atoms. The van der Waals surface area contributed by atoms with Gasteiger partial charge in [-0.1, -0.05) is 141 Å². The Bertz CT molecular complexity index is 1900. The highest BCUT2D eigenvalue weighted by molar-refractivity contribution is 5.69. The van der Waals surface area contributed by atoms with E-state index in [0.717, 1.165) is 61.7 Å². The molecule has 1 aliphatic heterocycles. The van der Waals surface area contributed by atoms with E-state index in [1.165, 1.54) is 0 Å². The SMILES string of the molecule is C=Cc1ccc(COc2ccc(C3(c4ccc(OCc5ccc(C=C)cc5)cc4)c4ccccc4C(O)N3c3ccccc3)cc2)cc1. The van der Waals surface area contributed by atoms with Gasteiger partial charge in [0, 0.05) is 11.3 Å². The fourth-order valence-corrected chi connectivity index (χ4v) is 6.60. The third-order valence-electron chi connectivity index (χ3n) is 9.06. The Morgan fingerprint density at radius 3 is 1.50 bits per heavy atom. The van der Waals surface area contributed by atoms with Gasteiger partial charge in [-0.15, -0.1) is 0 Å². The normalized spacial score (nSPS) is 14.6. The van der Waals surface area contributed by atoms with Crippen molar-refractivity contribution in [2.24, 2.45) is 0 Å². The topological polar surface area (TPSA) is 41.9 Å². The second-order valence-corrected chi connectivity index (χ2v) is 11.9. The smallest absolute Gasteiger partial charge is 0.154 e. The summed E-state index contributed by atoms with van der Waals surface area (Å²) in [4.78, 5) is 2.12. The molecular formula is C44H37NO3. The van der Waals surface area contributed by atoms with Gasteiger partial charge in [-0.05, 0) is 75.3 Å². The van der Waals surface area contributed by atoms with Gasteiger partial charge in [0.25, 0.3) is 0 Å². The first kappa shape index (κ1) is 30.8. The summed E-state index contributed by atoms with van der Waals surface area (Å²) in [5.74, 6) is 1.54. The molecule has 0 aromatic heterocycles. The van der Waals surface area contributed by atoms with Crippen molar-refractivity contribution in [3.63, 3.8) is 0 Å². The molecule has 1 unspecified atom stereocenters. The highest BCUT2D eigenvalue weighted by atomic mass is 16.5. The molecule has 6 aromatic rings. The Kier molecular flexibility index (Phi) is 8.65. The zero-order valence-corrected chi connectivity index (χ0v) is 26.7. The van der Waals surface area contributed by atoms with Crippen LogP contribution in [0.25, 0.3) is 12.2 Å². The van der Waals surface area contributed by atoms with E-state index in [9.17, 15) is 5.11 Å². The maximum atomic E-state index is 12.0. The van der Waals surface area contributed by atoms with Gasteiger partial charge in [-0.25, -0.2) is 0 Å². The summed E-state index contributed by atoms with van der Waals surface area (Å²) in [6, 6.07) is 51.1. The summed E-state index contributed by atoms with van der Waals surface area (Å²) < 4.78 is 12.4. The molecule has 1 heterocycles. The predicted molar refractivity (Wildman–Crippen MR) is 195 cm³/mol. The molecular weight excluding hydrogens is 590 g/mol. The van der Waals surface area contributed by atoms with Crippen molar-refractivity contribution in [3.05, 3.63) is 209 Å². The minimum absolute atomic E-state index is 0.458. The Hall–Kier alpha value is -5.84. The lowest BCUT2D eigenvalue weighted by Gasteiger charge is -2.43. The molecule has 1 aliphatic rings. The molecule has 1 atom stereocenters. The number of ether oxygens (including phenoxy) is 2. The number of nitrogens with zero attached hydrogens (tertiary/aromatic N) is 1. The summed E-state index contributed by atoms with van der Waals surface area (Å²) in [5, 5.41) is 12.0. The Morgan fingerprint density at radius 2 is 1.02 bits per heavy atom. The minimum Gasteiger partial charge on any atom is -0.489 e. The molecule has 0 radical (unpaired) electrons. The summed E-state index contributed by atoms with van der Waals surface area (Å²) in [7, 11) is 0. The first-order valence-electron chi connectivity index (χ1n) is 16.1. The van der Waals surface area contributed by atoms with Crippen LogP contribution >= 0.6 is 0 Å². The first-order chi connectivity index (χ1) is 23.6. The van der Waals surface area contributed by atoms with E-state index in [1.54, 1.807) is 0 Å². The van der Waals surface area contributed by atoms with Gasteiger partial charge in [0.05, 0.1) is 0 Å². The van der Waals surface area contributed by atoms with Crippen molar-refractivity contribution in [2.75, 3.05) is 4.90 Å². The fraction of sp³-hybridized carbons (Fsp3) is 0.0909. The monoisotopic (exact) mass is 627 g/mol. The maximum absolute atomic E-state index is 12.0. The third-order valence-corrected chi connectivity index (χ3v) is 9.06. The van der Waals surface area contributed by atoms with Crippen LogP contribution in [0, 0.1) is 0 Å². The molecule has 48 heavy (non-hydrogen) atoms. The standard InChI is InChI=1S/C44H37NO3/c1-3-32-14-18-34(19-15-32)30-47-39-26-22-36(23-27-39)44(37-24-28-40(29-25-37)48-31-35-20-16-33(4-2)17-21-35)42-13-9-8-12-41(42)43(46)45(44)38-10-6-5-7-11-38/h3-29,43,46H,1-2,30-31H2. The molecule has 0 spiro atoms. The van der Waals surface area contributed by atoms with Gasteiger partial charge in [-0.3, -0.25) is 0 Å². The second-order valence-electron chi connectivity index (χ2n) is 11.9. The molecule has 0 saturated carbocycles. The van der Waals surface area contributed by atoms with E-state index in [4.69, 9.17) is 9.47 Å². The van der Waals surface area contributed by atoms with Crippen LogP contribution in [-0.4, -0.2) is 5.11 Å². The molecule has 0 amide bonds. The van der Waals surface area contributed by atoms with E-state index in [1.807, 2.05) is 109 Å². The molecule has 1 N–H and O–H groups in total. The first-order valence-corrected chi connectivity index (χ1v) is 16.1. The zero-order chi connectivity index (χ0) is 32.9. The van der Waals surface area contributed by atoms with Crippen molar-refractivity contribution in [2.45, 2.75) is 25.0 Å². The van der Waals surface area contributed by atoms with E-state index >= 15 is 0 Å². The number of rotatable bonds is 11. The van der Waals surface area contributed by atoms with Crippen LogP contribution in [0.4, 0.5) is 5.69 Å². The van der Waals surface area contributed by atoms with Crippen LogP contribution in [-0.2, 0) is 18.8 Å². The highest BCUT2D eigenvalue weighted by Crippen LogP contribution is 2.55. The van der Waals surface area contributed by atoms with Crippen LogP contribution in [0.3, 0.4) is 0 Å². The number of hydrogen-bond acceptors (Lipinski definition) is 4. The van der Waals surface area contributed by atoms with Gasteiger partial charge in [0.2, 0.25) is 0 Å². The minimum atomic E-state index is -0.868. The summed E-state index contributed by atoms with van der Waals surface area (Å²) in [5.41, 5.74) is 8.30. The number of hydrogen-bond donors (Lipinski definition) is 1. The lowest BCUT2D eigenvalue weighted by atomic mass is 9.76. The number of aliphatic hydroxyl groups excluding tert-OH is 1. The lowest BCUT2D eigenvalue weighted by molar-refractivity contribution is 0.170. The van der Waals surface area contributed by atoms with Crippen molar-refractivity contribution >= 4 is 17.8 Å². The Labute approximate surface area is 282 Å². The van der Waals surface area contributed by atoms with E-state index < -0.39 is 11.8 Å². The second kappa shape index (κ2) is 13.5. The van der Waals surface area contributed by atoms with Gasteiger partial charge in [0.1, 0.15) is 30.3 Å². The molecule has 7 rings (SSSR count). The van der Waals surface area contributed by atoms with Crippen molar-refractivity contribution in [1.82, 2.24) is 0 Å². The van der Waals surface area contributed by atoms with Gasteiger partial charge in [0.15, 0.2) is 6.23 Å². The average Bonchev–Trinajstić information content (AvgIpc) is 3.43. The van der Waals surface area contributed by atoms with Crippen LogP contribution in [0.1, 0.15) is 50.7 Å². The van der Waals surface area contributed by atoms with E-state index in [2.05, 4.69) is 72.7 Å². The zero-order valence-electron chi connectivity index (χ0n) is 26.7. The van der Waals surface area contributed by atoms with Gasteiger partial charge < -0.3 is 19.5 Å². The Morgan fingerprint density at radius 1 is 0.562 bits per heavy atom. The van der Waals surface area contributed by atoms with Crippen molar-refractivity contribution in [1.29, 1.82) is 0 Å². The van der Waals surface area contributed by atoms with Gasteiger partial charge in [-0.2, -0.15) is 0 Å². The summed E-state index contributed by atoms with van der Waals surface area (Å²) >= 11 is 0. The quantitative estimate of drug-likeness (QED) is 0.155. The van der Waals surface area contributed by atoms with Gasteiger partial charge >= 0.3 is 0 Å². The lowest BCUT2D eigenvalue weighted by Crippen LogP contribution is -2.45. The van der Waals surface area contributed by atoms with Crippen molar-refractivity contribution in [3.8, 4) is 11.5 Å². The number of para-hydroxylation sites is 1. The molecule has 236 valence electrons. The van der Waals surface area contributed by atoms with E-state index in [0.29, 0.717) is 13.2 Å². The average molecular weight is 628 g/mol. The van der Waals surface area contributed by atoms with Crippen LogP contribution < -0.4 is 14.4 Å². The molecule has 0 saturated heterocycles. The largest absolute Gasteiger partial charge is 0.489 e. The highest BCUT2D eigenvalue weighted by Gasteiger charge is 2.52. The van der Waals surface area contributed by atoms with Crippen LogP contribution in [0.2, 0.25) is 0 Å². The number of aliphatic hydroxyl groups is 1. The number of benzene rings is 6. The molecule has 6 aromatic carbocycles. The molecule has 0 aliphatic carbocycles.